The van der Waals surface area contributed by atoms with Gasteiger partial charge in [-0.1, -0.05) is 30.9 Å². The Morgan fingerprint density at radius 3 is 1.80 bits per heavy atom. The van der Waals surface area contributed by atoms with E-state index in [2.05, 4.69) is 13.2 Å². The van der Waals surface area contributed by atoms with Gasteiger partial charge in [-0.3, -0.25) is 4.18 Å². The molecule has 1 atom stereocenters. The lowest BCUT2D eigenvalue weighted by Crippen LogP contribution is -2.29. The molecule has 1 aromatic carbocycles. The van der Waals surface area contributed by atoms with Crippen molar-refractivity contribution in [2.24, 2.45) is 0 Å². The van der Waals surface area contributed by atoms with Crippen molar-refractivity contribution in [3.63, 3.8) is 0 Å². The molecule has 0 fully saturated rings. The Bertz CT molecular complexity index is 938. The summed E-state index contributed by atoms with van der Waals surface area (Å²) in [4.78, 5) is 22.9. The topological polar surface area (TPSA) is 124 Å². The van der Waals surface area contributed by atoms with Gasteiger partial charge in [0.2, 0.25) is 0 Å². The molecule has 0 radical (unpaired) electrons. The minimum absolute atomic E-state index is 0.00811. The van der Waals surface area contributed by atoms with E-state index >= 15 is 0 Å². The third-order valence-corrected chi connectivity index (χ3v) is 5.54. The fourth-order valence-corrected chi connectivity index (χ4v) is 3.23. The Hall–Kier alpha value is -2.57. The zero-order valence-corrected chi connectivity index (χ0v) is 21.3. The zero-order valence-electron chi connectivity index (χ0n) is 20.4. The van der Waals surface area contributed by atoms with Gasteiger partial charge in [0.1, 0.15) is 19.3 Å². The van der Waals surface area contributed by atoms with Gasteiger partial charge >= 0.3 is 11.9 Å². The van der Waals surface area contributed by atoms with Crippen molar-refractivity contribution in [1.29, 1.82) is 0 Å². The van der Waals surface area contributed by atoms with Crippen LogP contribution >= 0.6 is 0 Å². The molecule has 1 unspecified atom stereocenters. The molecule has 0 saturated carbocycles. The average molecular weight is 515 g/mol. The normalized spacial score (nSPS) is 12.1. The molecule has 0 N–H and O–H groups in total. The summed E-state index contributed by atoms with van der Waals surface area (Å²) in [6.07, 6.45) is -0.552. The molecule has 35 heavy (non-hydrogen) atoms. The molecule has 0 aliphatic heterocycles. The quantitative estimate of drug-likeness (QED) is 0.125. The fourth-order valence-electron chi connectivity index (χ4n) is 2.34. The van der Waals surface area contributed by atoms with Gasteiger partial charge in [0.05, 0.1) is 44.5 Å². The van der Waals surface area contributed by atoms with Crippen LogP contribution in [0.1, 0.15) is 19.4 Å². The Balaban J connectivity index is 2.42. The largest absolute Gasteiger partial charge is 0.460 e. The van der Waals surface area contributed by atoms with E-state index in [1.165, 1.54) is 19.1 Å². The van der Waals surface area contributed by atoms with Crippen LogP contribution in [0.25, 0.3) is 0 Å². The lowest BCUT2D eigenvalue weighted by molar-refractivity contribution is -0.144. The van der Waals surface area contributed by atoms with Crippen molar-refractivity contribution in [3.8, 4) is 0 Å². The van der Waals surface area contributed by atoms with Crippen LogP contribution in [0.2, 0.25) is 0 Å². The van der Waals surface area contributed by atoms with Crippen molar-refractivity contribution >= 4 is 22.1 Å². The van der Waals surface area contributed by atoms with Crippen LogP contribution < -0.4 is 0 Å². The first kappa shape index (κ1) is 30.5. The second-order valence-electron chi connectivity index (χ2n) is 7.56. The first-order chi connectivity index (χ1) is 16.5. The van der Waals surface area contributed by atoms with Crippen molar-refractivity contribution in [3.05, 3.63) is 54.1 Å². The predicted octanol–water partition coefficient (Wildman–Crippen LogP) is 2.36. The van der Waals surface area contributed by atoms with E-state index in [4.69, 9.17) is 27.9 Å². The first-order valence-electron chi connectivity index (χ1n) is 10.9. The molecule has 10 nitrogen and oxygen atoms in total. The molecule has 11 heteroatoms. The number of carbonyl (C=O) groups is 2. The molecule has 196 valence electrons. The SMILES string of the molecule is C=C(C)C(=O)OCCOCC(COCCOS(=O)(=O)c1ccc(C)cc1)OCCOC(=O)C(=C)C. The van der Waals surface area contributed by atoms with Crippen LogP contribution in [-0.4, -0.2) is 79.3 Å². The molecule has 0 aromatic heterocycles. The lowest BCUT2D eigenvalue weighted by atomic mass is 10.2. The van der Waals surface area contributed by atoms with Gasteiger partial charge in [-0.15, -0.1) is 0 Å². The van der Waals surface area contributed by atoms with E-state index in [1.807, 2.05) is 6.92 Å². The van der Waals surface area contributed by atoms with Gasteiger partial charge in [-0.25, -0.2) is 9.59 Å². The van der Waals surface area contributed by atoms with Crippen LogP contribution in [0.4, 0.5) is 0 Å². The highest BCUT2D eigenvalue weighted by Crippen LogP contribution is 2.13. The molecule has 0 saturated heterocycles. The number of hydrogen-bond donors (Lipinski definition) is 0. The van der Waals surface area contributed by atoms with E-state index in [0.717, 1.165) is 5.56 Å². The Labute approximate surface area is 206 Å². The van der Waals surface area contributed by atoms with Crippen molar-refractivity contribution in [1.82, 2.24) is 0 Å². The zero-order chi connectivity index (χ0) is 26.3. The van der Waals surface area contributed by atoms with Gasteiger partial charge in [-0.2, -0.15) is 8.42 Å². The molecule has 1 aromatic rings. The number of aryl methyl sites for hydroxylation is 1. The lowest BCUT2D eigenvalue weighted by Gasteiger charge is -2.18. The molecule has 1 rings (SSSR count). The highest BCUT2D eigenvalue weighted by atomic mass is 32.2. The Kier molecular flexibility index (Phi) is 14.1. The molecule has 0 bridgehead atoms. The predicted molar refractivity (Wildman–Crippen MR) is 127 cm³/mol. The second-order valence-corrected chi connectivity index (χ2v) is 9.18. The summed E-state index contributed by atoms with van der Waals surface area (Å²) in [5.41, 5.74) is 1.50. The number of hydrogen-bond acceptors (Lipinski definition) is 10. The highest BCUT2D eigenvalue weighted by molar-refractivity contribution is 7.86. The maximum Gasteiger partial charge on any atom is 0.333 e. The third kappa shape index (κ3) is 13.2. The van der Waals surface area contributed by atoms with Crippen LogP contribution in [0.5, 0.6) is 0 Å². The van der Waals surface area contributed by atoms with Gasteiger partial charge in [0.25, 0.3) is 10.1 Å². The Morgan fingerprint density at radius 2 is 1.29 bits per heavy atom. The maximum atomic E-state index is 12.2. The van der Waals surface area contributed by atoms with E-state index in [9.17, 15) is 18.0 Å². The third-order valence-electron chi connectivity index (χ3n) is 4.21. The summed E-state index contributed by atoms with van der Waals surface area (Å²) in [5.74, 6) is -1.03. The smallest absolute Gasteiger partial charge is 0.333 e. The van der Waals surface area contributed by atoms with Crippen molar-refractivity contribution in [2.75, 3.05) is 52.9 Å². The Morgan fingerprint density at radius 1 is 0.800 bits per heavy atom. The summed E-state index contributed by atoms with van der Waals surface area (Å²) in [7, 11) is -3.88. The molecule has 0 spiro atoms. The number of esters is 2. The van der Waals surface area contributed by atoms with Gasteiger partial charge in [-0.05, 0) is 32.9 Å². The van der Waals surface area contributed by atoms with Gasteiger partial charge < -0.3 is 23.7 Å². The summed E-state index contributed by atoms with van der Waals surface area (Å²) in [6, 6.07) is 6.31. The van der Waals surface area contributed by atoms with E-state index in [0.29, 0.717) is 0 Å². The van der Waals surface area contributed by atoms with Gasteiger partial charge in [0, 0.05) is 11.1 Å². The van der Waals surface area contributed by atoms with Crippen LogP contribution in [0.15, 0.2) is 53.5 Å². The fraction of sp³-hybridized carbons (Fsp3) is 0.500. The highest BCUT2D eigenvalue weighted by Gasteiger charge is 2.16. The maximum absolute atomic E-state index is 12.2. The summed E-state index contributed by atoms with van der Waals surface area (Å²) in [6.45, 7) is 12.2. The number of ether oxygens (including phenoxy) is 5. The van der Waals surface area contributed by atoms with Crippen LogP contribution in [0, 0.1) is 6.92 Å². The summed E-state index contributed by atoms with van der Waals surface area (Å²) in [5, 5.41) is 0. The van der Waals surface area contributed by atoms with E-state index in [1.54, 1.807) is 19.1 Å². The van der Waals surface area contributed by atoms with Crippen molar-refractivity contribution in [2.45, 2.75) is 31.8 Å². The minimum atomic E-state index is -3.88. The first-order valence-corrected chi connectivity index (χ1v) is 12.3. The molecule has 0 aliphatic carbocycles. The summed E-state index contributed by atoms with van der Waals surface area (Å²) >= 11 is 0. The molecule has 0 aliphatic rings. The minimum Gasteiger partial charge on any atom is -0.460 e. The van der Waals surface area contributed by atoms with Crippen molar-refractivity contribution < 1.29 is 45.9 Å². The van der Waals surface area contributed by atoms with Crippen LogP contribution in [-0.2, 0) is 47.6 Å². The summed E-state index contributed by atoms with van der Waals surface area (Å²) < 4.78 is 55.9. The molecular weight excluding hydrogens is 480 g/mol. The molecular formula is C24H34O10S. The van der Waals surface area contributed by atoms with E-state index < -0.39 is 28.2 Å². The molecule has 0 amide bonds. The second kappa shape index (κ2) is 16.2. The van der Waals surface area contributed by atoms with E-state index in [-0.39, 0.29) is 68.9 Å². The van der Waals surface area contributed by atoms with Crippen LogP contribution in [0.3, 0.4) is 0 Å². The number of rotatable bonds is 18. The molecule has 0 heterocycles. The van der Waals surface area contributed by atoms with Gasteiger partial charge in [0.15, 0.2) is 0 Å². The standard InChI is InChI=1S/C24H34O10S/c1-18(2)23(25)32-12-10-29-16-21(31-13-14-33-24(26)19(3)4)17-30-11-15-34-35(27,28)22-8-6-20(5)7-9-22/h6-9,21H,1,3,10-17H2,2,4-5H3. The monoisotopic (exact) mass is 514 g/mol. The number of carbonyl (C=O) groups excluding carboxylic acids is 2. The number of benzene rings is 1. The average Bonchev–Trinajstić information content (AvgIpc) is 2.80.